The van der Waals surface area contributed by atoms with Crippen LogP contribution in [0.15, 0.2) is 36.4 Å². The van der Waals surface area contributed by atoms with Crippen LogP contribution < -0.4 is 14.2 Å². The average Bonchev–Trinajstić information content (AvgIpc) is 3.06. The Labute approximate surface area is 180 Å². The Morgan fingerprint density at radius 3 is 2.47 bits per heavy atom. The van der Waals surface area contributed by atoms with Crippen molar-refractivity contribution in [3.05, 3.63) is 52.5 Å². The highest BCUT2D eigenvalue weighted by Gasteiger charge is 2.62. The second-order valence-corrected chi connectivity index (χ2v) is 8.03. The minimum Gasteiger partial charge on any atom is -0.496 e. The van der Waals surface area contributed by atoms with Crippen LogP contribution in [0, 0.1) is 5.92 Å². The number of ketones is 2. The van der Waals surface area contributed by atoms with E-state index < -0.39 is 17.6 Å². The van der Waals surface area contributed by atoms with E-state index >= 15 is 0 Å². The van der Waals surface area contributed by atoms with Gasteiger partial charge in [-0.2, -0.15) is 0 Å². The van der Waals surface area contributed by atoms with Crippen LogP contribution in [0.3, 0.4) is 0 Å². The van der Waals surface area contributed by atoms with Crippen LogP contribution in [0.2, 0.25) is 5.02 Å². The zero-order valence-electron chi connectivity index (χ0n) is 17.1. The Bertz CT molecular complexity index is 989. The van der Waals surface area contributed by atoms with Gasteiger partial charge in [0.05, 0.1) is 20.8 Å². The van der Waals surface area contributed by atoms with Gasteiger partial charge >= 0.3 is 0 Å². The van der Waals surface area contributed by atoms with Crippen molar-refractivity contribution in [1.29, 1.82) is 0 Å². The Morgan fingerprint density at radius 2 is 1.80 bits per heavy atom. The average molecular weight is 431 g/mol. The lowest BCUT2D eigenvalue weighted by Gasteiger charge is -2.42. The minimum atomic E-state index is -1.35. The second kappa shape index (κ2) is 7.93. The lowest BCUT2D eigenvalue weighted by molar-refractivity contribution is -0.146. The predicted molar refractivity (Wildman–Crippen MR) is 111 cm³/mol. The Balaban J connectivity index is 1.76. The third-order valence-corrected chi connectivity index (χ3v) is 6.25. The highest BCUT2D eigenvalue weighted by molar-refractivity contribution is 6.35. The van der Waals surface area contributed by atoms with Gasteiger partial charge in [-0.05, 0) is 5.56 Å². The van der Waals surface area contributed by atoms with E-state index in [2.05, 4.69) is 0 Å². The molecule has 3 atom stereocenters. The number of hydrogen-bond donors (Lipinski definition) is 0. The molecule has 0 amide bonds. The van der Waals surface area contributed by atoms with E-state index in [0.29, 0.717) is 11.5 Å². The van der Waals surface area contributed by atoms with Crippen molar-refractivity contribution in [3.63, 3.8) is 0 Å². The van der Waals surface area contributed by atoms with Crippen molar-refractivity contribution in [3.8, 4) is 17.2 Å². The van der Waals surface area contributed by atoms with Crippen molar-refractivity contribution in [1.82, 2.24) is 0 Å². The minimum absolute atomic E-state index is 0.0363. The lowest BCUT2D eigenvalue weighted by atomic mass is 9.70. The summed E-state index contributed by atoms with van der Waals surface area (Å²) >= 11 is 6.48. The molecule has 7 heteroatoms. The Morgan fingerprint density at radius 1 is 1.10 bits per heavy atom. The maximum atomic E-state index is 13.7. The molecule has 0 unspecified atom stereocenters. The molecule has 0 radical (unpaired) electrons. The number of rotatable bonds is 5. The number of Topliss-reactive ketones (excluding diaryl/α,β-unsaturated/α-hetero) is 2. The third kappa shape index (κ3) is 3.15. The van der Waals surface area contributed by atoms with Crippen LogP contribution in [-0.4, -0.2) is 37.5 Å². The van der Waals surface area contributed by atoms with Gasteiger partial charge in [-0.15, -0.1) is 0 Å². The van der Waals surface area contributed by atoms with Gasteiger partial charge in [0.2, 0.25) is 11.4 Å². The molecule has 6 nitrogen and oxygen atoms in total. The van der Waals surface area contributed by atoms with Gasteiger partial charge in [0, 0.05) is 24.8 Å². The van der Waals surface area contributed by atoms with Crippen LogP contribution >= 0.6 is 11.6 Å². The lowest BCUT2D eigenvalue weighted by Crippen LogP contribution is -2.60. The summed E-state index contributed by atoms with van der Waals surface area (Å²) in [5.41, 5.74) is -0.148. The van der Waals surface area contributed by atoms with Crippen LogP contribution in [0.5, 0.6) is 17.2 Å². The monoisotopic (exact) mass is 430 g/mol. The Hall–Kier alpha value is -2.57. The molecule has 1 heterocycles. The summed E-state index contributed by atoms with van der Waals surface area (Å²) in [6.45, 7) is 2.09. The number of benzene rings is 2. The first-order valence-electron chi connectivity index (χ1n) is 9.77. The first-order valence-corrected chi connectivity index (χ1v) is 10.2. The fourth-order valence-corrected chi connectivity index (χ4v) is 4.63. The van der Waals surface area contributed by atoms with Gasteiger partial charge < -0.3 is 18.9 Å². The fraction of sp³-hybridized carbons (Fsp3) is 0.391. The van der Waals surface area contributed by atoms with E-state index in [0.717, 1.165) is 5.56 Å². The molecular weight excluding hydrogens is 408 g/mol. The molecule has 1 spiro atoms. The van der Waals surface area contributed by atoms with E-state index in [9.17, 15) is 9.59 Å². The molecular formula is C23H23ClO6. The van der Waals surface area contributed by atoms with Crippen molar-refractivity contribution < 1.29 is 28.5 Å². The van der Waals surface area contributed by atoms with Gasteiger partial charge in [0.1, 0.15) is 34.0 Å². The summed E-state index contributed by atoms with van der Waals surface area (Å²) in [4.78, 5) is 26.1. The fourth-order valence-electron chi connectivity index (χ4n) is 4.36. The van der Waals surface area contributed by atoms with E-state index in [4.69, 9.17) is 30.5 Å². The molecule has 4 rings (SSSR count). The highest BCUT2D eigenvalue weighted by atomic mass is 35.5. The van der Waals surface area contributed by atoms with Gasteiger partial charge in [0.25, 0.3) is 0 Å². The van der Waals surface area contributed by atoms with Crippen LogP contribution in [0.25, 0.3) is 0 Å². The molecule has 0 N–H and O–H groups in total. The number of carbonyl (C=O) groups excluding carboxylic acids is 2. The summed E-state index contributed by atoms with van der Waals surface area (Å²) in [6, 6.07) is 11.2. The smallest absolute Gasteiger partial charge is 0.216 e. The summed E-state index contributed by atoms with van der Waals surface area (Å²) < 4.78 is 23.2. The zero-order valence-corrected chi connectivity index (χ0v) is 17.8. The number of halogens is 1. The van der Waals surface area contributed by atoms with Crippen LogP contribution in [-0.2, 0) is 16.1 Å². The topological polar surface area (TPSA) is 71.1 Å². The summed E-state index contributed by atoms with van der Waals surface area (Å²) in [6.07, 6.45) is -0.434. The number of ether oxygens (including phenoxy) is 4. The van der Waals surface area contributed by atoms with Crippen molar-refractivity contribution in [2.75, 3.05) is 14.2 Å². The summed E-state index contributed by atoms with van der Waals surface area (Å²) in [5.74, 6) is 0.238. The standard InChI is InChI=1S/C23H23ClO6/c1-13-9-15(25)10-18(29-12-14-7-5-4-6-8-14)23(13)22(26)19-16(27-2)11-17(28-3)20(24)21(19)30-23/h4-8,11,13,18H,9-10,12H2,1-3H3/t13-,18+,23+/m1/s1. The maximum Gasteiger partial charge on any atom is 0.216 e. The van der Waals surface area contributed by atoms with E-state index in [1.54, 1.807) is 6.07 Å². The predicted octanol–water partition coefficient (Wildman–Crippen LogP) is 4.26. The molecule has 2 aromatic carbocycles. The van der Waals surface area contributed by atoms with Crippen molar-refractivity contribution in [2.45, 2.75) is 38.1 Å². The largest absolute Gasteiger partial charge is 0.496 e. The third-order valence-electron chi connectivity index (χ3n) is 5.90. The van der Waals surface area contributed by atoms with Gasteiger partial charge in [-0.3, -0.25) is 9.59 Å². The number of methoxy groups -OCH3 is 2. The summed E-state index contributed by atoms with van der Waals surface area (Å²) in [7, 11) is 2.95. The molecule has 158 valence electrons. The molecule has 30 heavy (non-hydrogen) atoms. The molecule has 1 aliphatic heterocycles. The first-order chi connectivity index (χ1) is 14.4. The van der Waals surface area contributed by atoms with Gasteiger partial charge in [-0.25, -0.2) is 0 Å². The van der Waals surface area contributed by atoms with Crippen molar-refractivity contribution in [2.24, 2.45) is 5.92 Å². The quantitative estimate of drug-likeness (QED) is 0.706. The molecule has 1 saturated carbocycles. The van der Waals surface area contributed by atoms with Crippen LogP contribution in [0.1, 0.15) is 35.7 Å². The van der Waals surface area contributed by atoms with Gasteiger partial charge in [-0.1, -0.05) is 48.9 Å². The van der Waals surface area contributed by atoms with Crippen molar-refractivity contribution >= 4 is 23.2 Å². The normalized spacial score (nSPS) is 25.2. The molecule has 0 aromatic heterocycles. The number of carbonyl (C=O) groups is 2. The SMILES string of the molecule is COc1cc(OC)c2c(c1Cl)O[C@@]1(C2=O)[C@H](C)CC(=O)C[C@@H]1OCc1ccccc1. The number of fused-ring (bicyclic) bond motifs is 1. The van der Waals surface area contributed by atoms with E-state index in [1.165, 1.54) is 14.2 Å². The second-order valence-electron chi connectivity index (χ2n) is 7.66. The zero-order chi connectivity index (χ0) is 21.5. The molecule has 1 aliphatic carbocycles. The highest BCUT2D eigenvalue weighted by Crippen LogP contribution is 2.54. The molecule has 1 fully saturated rings. The van der Waals surface area contributed by atoms with E-state index in [-0.39, 0.29) is 47.4 Å². The maximum absolute atomic E-state index is 13.7. The van der Waals surface area contributed by atoms with Crippen LogP contribution in [0.4, 0.5) is 0 Å². The molecule has 2 aliphatic rings. The van der Waals surface area contributed by atoms with E-state index in [1.807, 2.05) is 37.3 Å². The van der Waals surface area contributed by atoms with Gasteiger partial charge in [0.15, 0.2) is 5.75 Å². The molecule has 2 aromatic rings. The first kappa shape index (κ1) is 20.7. The summed E-state index contributed by atoms with van der Waals surface area (Å²) in [5, 5.41) is 0.199. The number of hydrogen-bond acceptors (Lipinski definition) is 6. The molecule has 0 saturated heterocycles. The molecule has 0 bridgehead atoms. The Kier molecular flexibility index (Phi) is 5.47.